The summed E-state index contributed by atoms with van der Waals surface area (Å²) in [5.74, 6) is 2.79. The second kappa shape index (κ2) is 8.15. The van der Waals surface area contributed by atoms with E-state index >= 15 is 0 Å². The minimum absolute atomic E-state index is 0.457. The number of aromatic nitrogens is 4. The molecule has 3 heterocycles. The van der Waals surface area contributed by atoms with Gasteiger partial charge in [-0.1, -0.05) is 6.07 Å². The van der Waals surface area contributed by atoms with Crippen LogP contribution in [0.2, 0.25) is 0 Å². The van der Waals surface area contributed by atoms with Crippen LogP contribution >= 0.6 is 0 Å². The molecule has 0 aliphatic heterocycles. The van der Waals surface area contributed by atoms with Gasteiger partial charge in [0.1, 0.15) is 11.6 Å². The lowest BCUT2D eigenvalue weighted by molar-refractivity contribution is 0.427. The molecule has 1 fully saturated rings. The van der Waals surface area contributed by atoms with Gasteiger partial charge in [-0.2, -0.15) is 0 Å². The van der Waals surface area contributed by atoms with Crippen molar-refractivity contribution < 1.29 is 0 Å². The Morgan fingerprint density at radius 2 is 1.69 bits per heavy atom. The molecular formula is C23H26N6. The minimum atomic E-state index is 0.457. The zero-order valence-electron chi connectivity index (χ0n) is 16.5. The van der Waals surface area contributed by atoms with E-state index < -0.39 is 0 Å². The van der Waals surface area contributed by atoms with Gasteiger partial charge in [0.05, 0.1) is 0 Å². The fourth-order valence-corrected chi connectivity index (χ4v) is 4.41. The van der Waals surface area contributed by atoms with E-state index in [-0.39, 0.29) is 0 Å². The number of nitrogens with zero attached hydrogens (tertiary/aromatic N) is 4. The van der Waals surface area contributed by atoms with Gasteiger partial charge in [0.2, 0.25) is 0 Å². The van der Waals surface area contributed by atoms with Crippen LogP contribution in [0.25, 0.3) is 11.4 Å². The van der Waals surface area contributed by atoms with Gasteiger partial charge in [0.15, 0.2) is 5.82 Å². The second-order valence-corrected chi connectivity index (χ2v) is 7.97. The highest BCUT2D eigenvalue weighted by Gasteiger charge is 2.25. The van der Waals surface area contributed by atoms with Crippen molar-refractivity contribution in [3.05, 3.63) is 60.2 Å². The highest BCUT2D eigenvalue weighted by Crippen LogP contribution is 2.31. The molecule has 6 heteroatoms. The molecule has 148 valence electrons. The van der Waals surface area contributed by atoms with Crippen LogP contribution in [-0.4, -0.2) is 32.0 Å². The third-order valence-corrected chi connectivity index (χ3v) is 5.94. The third kappa shape index (κ3) is 4.06. The molecule has 1 saturated carbocycles. The zero-order chi connectivity index (χ0) is 19.5. The van der Waals surface area contributed by atoms with Gasteiger partial charge in [-0.15, -0.1) is 0 Å². The van der Waals surface area contributed by atoms with E-state index in [2.05, 4.69) is 20.6 Å². The zero-order valence-corrected chi connectivity index (χ0v) is 16.5. The fraction of sp³-hybridized carbons (Fsp3) is 0.391. The average molecular weight is 387 g/mol. The first-order valence-electron chi connectivity index (χ1n) is 10.6. The lowest BCUT2D eigenvalue weighted by atomic mass is 9.91. The fourth-order valence-electron chi connectivity index (χ4n) is 4.41. The standard InChI is InChI=1S/C23H26N6/c1-2-14-25-21(8-1)26-17-9-11-18(12-10-17)27-23-19-6-3-7-20(19)28-22(29-23)16-5-4-13-24-15-16/h1-2,4-5,8,13-15,17-18H,3,6-7,9-12H2,(H,25,26)(H,27,28,29). The quantitative estimate of drug-likeness (QED) is 0.682. The molecule has 2 aliphatic carbocycles. The highest BCUT2D eigenvalue weighted by atomic mass is 15.1. The Labute approximate surface area is 171 Å². The number of hydrogen-bond acceptors (Lipinski definition) is 6. The van der Waals surface area contributed by atoms with Crippen molar-refractivity contribution in [2.75, 3.05) is 10.6 Å². The van der Waals surface area contributed by atoms with Crippen LogP contribution in [0, 0.1) is 0 Å². The van der Waals surface area contributed by atoms with Gasteiger partial charge in [-0.25, -0.2) is 15.0 Å². The predicted octanol–water partition coefficient (Wildman–Crippen LogP) is 4.26. The van der Waals surface area contributed by atoms with Crippen LogP contribution < -0.4 is 10.6 Å². The van der Waals surface area contributed by atoms with Gasteiger partial charge in [0, 0.05) is 47.5 Å². The van der Waals surface area contributed by atoms with Gasteiger partial charge in [-0.05, 0) is 69.2 Å². The molecular weight excluding hydrogens is 360 g/mol. The maximum Gasteiger partial charge on any atom is 0.163 e. The van der Waals surface area contributed by atoms with Crippen molar-refractivity contribution in [2.24, 2.45) is 0 Å². The van der Waals surface area contributed by atoms with Crippen LogP contribution in [0.1, 0.15) is 43.4 Å². The molecule has 0 radical (unpaired) electrons. The van der Waals surface area contributed by atoms with Gasteiger partial charge >= 0.3 is 0 Å². The molecule has 0 aromatic carbocycles. The Morgan fingerprint density at radius 3 is 2.45 bits per heavy atom. The van der Waals surface area contributed by atoms with Crippen molar-refractivity contribution >= 4 is 11.6 Å². The van der Waals surface area contributed by atoms with Crippen LogP contribution in [0.5, 0.6) is 0 Å². The molecule has 0 unspecified atom stereocenters. The summed E-state index contributed by atoms with van der Waals surface area (Å²) in [7, 11) is 0. The van der Waals surface area contributed by atoms with Crippen molar-refractivity contribution in [3.8, 4) is 11.4 Å². The summed E-state index contributed by atoms with van der Waals surface area (Å²) in [6, 6.07) is 10.9. The molecule has 0 atom stereocenters. The smallest absolute Gasteiger partial charge is 0.163 e. The molecule has 3 aromatic rings. The van der Waals surface area contributed by atoms with Crippen LogP contribution in [0.3, 0.4) is 0 Å². The van der Waals surface area contributed by atoms with Gasteiger partial charge in [0.25, 0.3) is 0 Å². The molecule has 2 N–H and O–H groups in total. The lowest BCUT2D eigenvalue weighted by Crippen LogP contribution is -2.33. The number of fused-ring (bicyclic) bond motifs is 1. The molecule has 3 aromatic heterocycles. The molecule has 5 rings (SSSR count). The molecule has 0 spiro atoms. The summed E-state index contributed by atoms with van der Waals surface area (Å²) in [6.45, 7) is 0. The molecule has 0 amide bonds. The topological polar surface area (TPSA) is 75.6 Å². The first-order valence-corrected chi connectivity index (χ1v) is 10.6. The Bertz CT molecular complexity index is 952. The van der Waals surface area contributed by atoms with Crippen molar-refractivity contribution in [3.63, 3.8) is 0 Å². The molecule has 2 aliphatic rings. The Kier molecular flexibility index (Phi) is 5.07. The largest absolute Gasteiger partial charge is 0.367 e. The number of hydrogen-bond donors (Lipinski definition) is 2. The predicted molar refractivity (Wildman–Crippen MR) is 115 cm³/mol. The number of rotatable bonds is 5. The summed E-state index contributed by atoms with van der Waals surface area (Å²) < 4.78 is 0. The molecule has 0 saturated heterocycles. The van der Waals surface area contributed by atoms with Crippen molar-refractivity contribution in [2.45, 2.75) is 57.0 Å². The summed E-state index contributed by atoms with van der Waals surface area (Å²) in [6.07, 6.45) is 13.3. The molecule has 29 heavy (non-hydrogen) atoms. The summed E-state index contributed by atoms with van der Waals surface area (Å²) in [5.41, 5.74) is 3.49. The Hall–Kier alpha value is -3.02. The highest BCUT2D eigenvalue weighted by molar-refractivity contribution is 5.60. The Morgan fingerprint density at radius 1 is 0.828 bits per heavy atom. The van der Waals surface area contributed by atoms with Crippen molar-refractivity contribution in [1.29, 1.82) is 0 Å². The first-order chi connectivity index (χ1) is 14.3. The number of nitrogens with one attached hydrogen (secondary N) is 2. The second-order valence-electron chi connectivity index (χ2n) is 7.97. The lowest BCUT2D eigenvalue weighted by Gasteiger charge is -2.30. The van der Waals surface area contributed by atoms with E-state index in [0.29, 0.717) is 12.1 Å². The van der Waals surface area contributed by atoms with Crippen molar-refractivity contribution in [1.82, 2.24) is 19.9 Å². The SMILES string of the molecule is c1ccc(NC2CCC(Nc3nc(-c4cccnc4)nc4c3CCC4)CC2)nc1. The van der Waals surface area contributed by atoms with Crippen LogP contribution in [-0.2, 0) is 12.8 Å². The average Bonchev–Trinajstić information content (AvgIpc) is 3.26. The minimum Gasteiger partial charge on any atom is -0.367 e. The first kappa shape index (κ1) is 18.0. The number of aryl methyl sites for hydroxylation is 1. The Balaban J connectivity index is 1.28. The molecule has 6 nitrogen and oxygen atoms in total. The van der Waals surface area contributed by atoms with E-state index in [4.69, 9.17) is 9.97 Å². The van der Waals surface area contributed by atoms with Gasteiger partial charge < -0.3 is 10.6 Å². The van der Waals surface area contributed by atoms with E-state index in [9.17, 15) is 0 Å². The maximum atomic E-state index is 4.91. The van der Waals surface area contributed by atoms with E-state index in [1.54, 1.807) is 6.20 Å². The van der Waals surface area contributed by atoms with E-state index in [0.717, 1.165) is 68.0 Å². The summed E-state index contributed by atoms with van der Waals surface area (Å²) in [5, 5.41) is 7.33. The maximum absolute atomic E-state index is 4.91. The third-order valence-electron chi connectivity index (χ3n) is 5.94. The van der Waals surface area contributed by atoms with E-state index in [1.807, 2.05) is 42.7 Å². The number of pyridine rings is 2. The normalized spacial score (nSPS) is 20.8. The van der Waals surface area contributed by atoms with E-state index in [1.165, 1.54) is 11.3 Å². The number of anilines is 2. The summed E-state index contributed by atoms with van der Waals surface area (Å²) >= 11 is 0. The van der Waals surface area contributed by atoms with Crippen LogP contribution in [0.4, 0.5) is 11.6 Å². The van der Waals surface area contributed by atoms with Crippen LogP contribution in [0.15, 0.2) is 48.9 Å². The monoisotopic (exact) mass is 386 g/mol. The summed E-state index contributed by atoms with van der Waals surface area (Å²) in [4.78, 5) is 18.4. The molecule has 0 bridgehead atoms. The van der Waals surface area contributed by atoms with Gasteiger partial charge in [-0.3, -0.25) is 4.98 Å².